The number of thiophene rings is 3. The van der Waals surface area contributed by atoms with E-state index in [0.717, 1.165) is 13.4 Å². The molecule has 0 saturated heterocycles. The number of hydrogen-bond donors (Lipinski definition) is 0. The average Bonchev–Trinajstić information content (AvgIpc) is 1.59. The third kappa shape index (κ3) is 12.8. The van der Waals surface area contributed by atoms with E-state index in [2.05, 4.69) is 462 Å². The van der Waals surface area contributed by atoms with Crippen molar-refractivity contribution >= 4 is 208 Å². The van der Waals surface area contributed by atoms with E-state index in [9.17, 15) is 0 Å². The summed E-state index contributed by atoms with van der Waals surface area (Å²) in [4.78, 5) is 0. The van der Waals surface area contributed by atoms with E-state index in [1.807, 2.05) is 34.0 Å². The Balaban J connectivity index is 0.000000106. The van der Waals surface area contributed by atoms with Crippen molar-refractivity contribution in [3.8, 4) is 83.8 Å². The number of nitrogens with zero attached hydrogens (tertiary/aromatic N) is 3. The van der Waals surface area contributed by atoms with E-state index in [0.29, 0.717) is 0 Å². The van der Waals surface area contributed by atoms with Crippen molar-refractivity contribution in [1.82, 2.24) is 13.7 Å². The molecular weight excluding hydrogens is 1680 g/mol. The third-order valence-corrected chi connectivity index (χ3v) is 28.0. The number of aromatic nitrogens is 3. The Kier molecular flexibility index (Phi) is 18.0. The van der Waals surface area contributed by atoms with Crippen LogP contribution in [-0.2, 0) is 0 Å². The quantitative estimate of drug-likeness (QED) is 0.137. The third-order valence-electron chi connectivity index (χ3n) is 23.0. The van der Waals surface area contributed by atoms with Crippen molar-refractivity contribution in [2.75, 3.05) is 0 Å². The second kappa shape index (κ2) is 29.6. The summed E-state index contributed by atoms with van der Waals surface area (Å²) in [5, 5.41) is 15.6. The van der Waals surface area contributed by atoms with Gasteiger partial charge in [-0.3, -0.25) is 0 Å². The van der Waals surface area contributed by atoms with Crippen LogP contribution in [0.2, 0.25) is 0 Å². The smallest absolute Gasteiger partial charge is 0.0555 e. The molecule has 0 aliphatic carbocycles. The normalized spacial score (nSPS) is 11.7. The van der Waals surface area contributed by atoms with Gasteiger partial charge in [0.05, 0.1) is 38.8 Å². The molecule has 0 atom stereocenters. The lowest BCUT2D eigenvalue weighted by molar-refractivity contribution is 1.19. The molecule has 0 radical (unpaired) electrons. The fourth-order valence-corrected chi connectivity index (χ4v) is 21.6. The molecule has 0 amide bonds. The number of halogens is 3. The van der Waals surface area contributed by atoms with Crippen LogP contribution in [-0.4, -0.2) is 13.7 Å². The van der Waals surface area contributed by atoms with Crippen LogP contribution in [0, 0.1) is 0 Å². The Labute approximate surface area is 712 Å². The van der Waals surface area contributed by atoms with Crippen molar-refractivity contribution < 1.29 is 0 Å². The lowest BCUT2D eigenvalue weighted by Gasteiger charge is -2.12. The minimum absolute atomic E-state index is 1.09. The van der Waals surface area contributed by atoms with Crippen LogP contribution < -0.4 is 0 Å². The van der Waals surface area contributed by atoms with E-state index in [1.54, 1.807) is 0 Å². The van der Waals surface area contributed by atoms with Crippen LogP contribution in [0.25, 0.3) is 210 Å². The van der Waals surface area contributed by atoms with Crippen molar-refractivity contribution in [2.24, 2.45) is 0 Å². The maximum absolute atomic E-state index is 3.56. The summed E-state index contributed by atoms with van der Waals surface area (Å²) < 4.78 is 18.6. The van der Waals surface area contributed by atoms with Gasteiger partial charge in [0.15, 0.2) is 0 Å². The number of hydrogen-bond acceptors (Lipinski definition) is 3. The standard InChI is InChI=1S/3C36H22BrNS/c37-27-18-15-23(16-19-27)24-7-5-8-25(21-24)26-17-20-29-28-9-1-3-11-31(28)38(33(29)22-26)32-12-6-14-35-36(32)30-10-2-4-13-34(30)39-35;37-27-15-12-23(13-16-27)24-6-5-7-25(20-24)26-14-18-30-29-8-1-3-10-33(29)38(34(30)21-26)28-17-19-36-32(22-28)31-9-2-4-11-35(31)39-36;37-27-15-12-23(13-16-27)24-6-5-7-25(20-24)26-14-18-30-29-8-1-3-10-33(29)38(34(30)21-26)28-17-19-32-31-9-2-4-11-35(31)39-36(32)22-28/h3*1-22H. The summed E-state index contributed by atoms with van der Waals surface area (Å²) in [6, 6.07) is 146. The Hall–Kier alpha value is -12.5. The van der Waals surface area contributed by atoms with E-state index < -0.39 is 0 Å². The van der Waals surface area contributed by atoms with Crippen LogP contribution >= 0.6 is 81.8 Å². The Morgan fingerprint density at radius 2 is 0.453 bits per heavy atom. The van der Waals surface area contributed by atoms with E-state index in [-0.39, 0.29) is 0 Å². The fourth-order valence-electron chi connectivity index (χ4n) is 17.5. The highest BCUT2D eigenvalue weighted by Gasteiger charge is 2.21. The van der Waals surface area contributed by atoms with Gasteiger partial charge in [-0.1, -0.05) is 297 Å². The van der Waals surface area contributed by atoms with Gasteiger partial charge in [0.1, 0.15) is 0 Å². The molecule has 0 spiro atoms. The van der Waals surface area contributed by atoms with Gasteiger partial charge in [0, 0.05) is 118 Å². The molecular formula is C108H66Br3N3S3. The van der Waals surface area contributed by atoms with Crippen molar-refractivity contribution in [3.63, 3.8) is 0 Å². The van der Waals surface area contributed by atoms with E-state index >= 15 is 0 Å². The van der Waals surface area contributed by atoms with E-state index in [1.165, 1.54) is 210 Å². The second-order valence-corrected chi connectivity index (χ2v) is 35.8. The molecule has 9 heteroatoms. The molecule has 0 aliphatic rings. The highest BCUT2D eigenvalue weighted by molar-refractivity contribution is 9.11. The summed E-state index contributed by atoms with van der Waals surface area (Å²) in [6.07, 6.45) is 0. The molecule has 3 nitrogen and oxygen atoms in total. The zero-order chi connectivity index (χ0) is 77.8. The molecule has 6 aromatic heterocycles. The number of benzene rings is 18. The molecule has 0 unspecified atom stereocenters. The zero-order valence-corrected chi connectivity index (χ0v) is 70.0. The predicted octanol–water partition coefficient (Wildman–Crippen LogP) is 33.7. The highest BCUT2D eigenvalue weighted by Crippen LogP contribution is 2.46. The summed E-state index contributed by atoms with van der Waals surface area (Å²) in [5.74, 6) is 0. The molecule has 0 N–H and O–H groups in total. The predicted molar refractivity (Wildman–Crippen MR) is 517 cm³/mol. The van der Waals surface area contributed by atoms with Crippen molar-refractivity contribution in [1.29, 1.82) is 0 Å². The molecule has 552 valence electrons. The molecule has 117 heavy (non-hydrogen) atoms. The highest BCUT2D eigenvalue weighted by atomic mass is 79.9. The molecule has 6 heterocycles. The molecule has 0 saturated carbocycles. The Bertz CT molecular complexity index is 8050. The molecule has 0 aliphatic heterocycles. The first-order valence-corrected chi connectivity index (χ1v) is 44.0. The first-order valence-electron chi connectivity index (χ1n) is 39.1. The Morgan fingerprint density at radius 1 is 0.162 bits per heavy atom. The maximum Gasteiger partial charge on any atom is 0.0555 e. The minimum Gasteiger partial charge on any atom is -0.309 e. The first-order chi connectivity index (χ1) is 57.7. The zero-order valence-electron chi connectivity index (χ0n) is 62.8. The summed E-state index contributed by atoms with van der Waals surface area (Å²) in [5.41, 5.74) is 25.6. The van der Waals surface area contributed by atoms with Gasteiger partial charge >= 0.3 is 0 Å². The summed E-state index contributed by atoms with van der Waals surface area (Å²) in [7, 11) is 0. The van der Waals surface area contributed by atoms with Crippen molar-refractivity contribution in [2.45, 2.75) is 0 Å². The van der Waals surface area contributed by atoms with Crippen LogP contribution in [0.1, 0.15) is 0 Å². The number of rotatable bonds is 9. The van der Waals surface area contributed by atoms with Gasteiger partial charge in [-0.05, 0) is 218 Å². The maximum atomic E-state index is 3.56. The SMILES string of the molecule is Brc1ccc(-c2cccc(-c3ccc4c5ccccc5n(-c5ccc6c(c5)sc5ccccc56)c4c3)c2)cc1.Brc1ccc(-c2cccc(-c3ccc4c5ccccc5n(-c5ccc6sc7ccccc7c6c5)c4c3)c2)cc1.Brc1ccc(-c2cccc(-c3ccc4c5ccccc5n(-c5cccc6sc7ccccc7c56)c4c3)c2)cc1. The van der Waals surface area contributed by atoms with Crippen LogP contribution in [0.3, 0.4) is 0 Å². The largest absolute Gasteiger partial charge is 0.309 e. The first kappa shape index (κ1) is 71.0. The lowest BCUT2D eigenvalue weighted by Crippen LogP contribution is -1.94. The minimum atomic E-state index is 1.09. The second-order valence-electron chi connectivity index (χ2n) is 29.8. The molecule has 18 aromatic carbocycles. The van der Waals surface area contributed by atoms with Gasteiger partial charge < -0.3 is 13.7 Å². The monoisotopic (exact) mass is 1740 g/mol. The molecule has 24 rings (SSSR count). The van der Waals surface area contributed by atoms with Gasteiger partial charge in [0.25, 0.3) is 0 Å². The van der Waals surface area contributed by atoms with Gasteiger partial charge in [-0.2, -0.15) is 0 Å². The van der Waals surface area contributed by atoms with Crippen molar-refractivity contribution in [3.05, 3.63) is 414 Å². The van der Waals surface area contributed by atoms with Crippen LogP contribution in [0.5, 0.6) is 0 Å². The number of para-hydroxylation sites is 3. The Morgan fingerprint density at radius 3 is 0.923 bits per heavy atom. The van der Waals surface area contributed by atoms with Crippen LogP contribution in [0.15, 0.2) is 414 Å². The van der Waals surface area contributed by atoms with Crippen LogP contribution in [0.4, 0.5) is 0 Å². The topological polar surface area (TPSA) is 14.8 Å². The average molecular weight is 1740 g/mol. The number of fused-ring (bicyclic) bond motifs is 18. The summed E-state index contributed by atoms with van der Waals surface area (Å²) in [6.45, 7) is 0. The summed E-state index contributed by atoms with van der Waals surface area (Å²) >= 11 is 16.3. The molecule has 0 bridgehead atoms. The van der Waals surface area contributed by atoms with Gasteiger partial charge in [-0.25, -0.2) is 0 Å². The van der Waals surface area contributed by atoms with Gasteiger partial charge in [-0.15, -0.1) is 34.0 Å². The molecule has 24 aromatic rings. The fraction of sp³-hybridized carbons (Fsp3) is 0. The van der Waals surface area contributed by atoms with E-state index in [4.69, 9.17) is 0 Å². The molecule has 0 fully saturated rings. The lowest BCUT2D eigenvalue weighted by atomic mass is 9.98. The van der Waals surface area contributed by atoms with Gasteiger partial charge in [0.2, 0.25) is 0 Å².